The Morgan fingerprint density at radius 3 is 2.81 bits per heavy atom. The predicted octanol–water partition coefficient (Wildman–Crippen LogP) is 2.55. The molecule has 1 aliphatic rings. The second kappa shape index (κ2) is 9.48. The van der Waals surface area contributed by atoms with Crippen molar-refractivity contribution in [1.82, 2.24) is 15.5 Å². The van der Waals surface area contributed by atoms with E-state index in [-0.39, 0.29) is 12.1 Å². The summed E-state index contributed by atoms with van der Waals surface area (Å²) in [5.41, 5.74) is 0.689. The van der Waals surface area contributed by atoms with Crippen molar-refractivity contribution in [2.75, 3.05) is 33.3 Å². The average molecular weight is 377 g/mol. The van der Waals surface area contributed by atoms with Crippen LogP contribution in [0.2, 0.25) is 0 Å². The summed E-state index contributed by atoms with van der Waals surface area (Å²) in [6, 6.07) is 8.06. The maximum atomic E-state index is 11.9. The van der Waals surface area contributed by atoms with Crippen LogP contribution >= 0.6 is 0 Å². The fraction of sp³-hybridized carbons (Fsp3) is 0.600. The number of carbonyl (C=O) groups is 1. The van der Waals surface area contributed by atoms with Gasteiger partial charge in [-0.15, -0.1) is 0 Å². The highest BCUT2D eigenvalue weighted by atomic mass is 16.6. The van der Waals surface area contributed by atoms with Crippen molar-refractivity contribution in [2.24, 2.45) is 4.99 Å². The Balaban J connectivity index is 1.72. The van der Waals surface area contributed by atoms with E-state index in [1.54, 1.807) is 7.05 Å². The van der Waals surface area contributed by atoms with Crippen molar-refractivity contribution >= 4 is 12.1 Å². The van der Waals surface area contributed by atoms with Crippen LogP contribution in [0, 0.1) is 6.92 Å². The van der Waals surface area contributed by atoms with Crippen LogP contribution in [0.5, 0.6) is 5.75 Å². The van der Waals surface area contributed by atoms with E-state index in [0.717, 1.165) is 24.7 Å². The molecule has 0 saturated carbocycles. The van der Waals surface area contributed by atoms with E-state index in [1.807, 2.05) is 52.0 Å². The number of aliphatic imine (C=N–C) groups is 1. The van der Waals surface area contributed by atoms with Crippen molar-refractivity contribution in [3.8, 4) is 5.75 Å². The summed E-state index contributed by atoms with van der Waals surface area (Å²) in [6.45, 7) is 10.4. The number of ether oxygens (including phenoxy) is 2. The topological polar surface area (TPSA) is 75.2 Å². The standard InChI is InChI=1S/C20H32N4O3/c1-15-7-6-8-17(13-15)26-12-10-22-18(21-5)24-11-9-16(14-24)23-19(25)27-20(2,3)4/h6-8,13,16H,9-12,14H2,1-5H3,(H,21,22)(H,23,25). The summed E-state index contributed by atoms with van der Waals surface area (Å²) in [4.78, 5) is 18.4. The minimum Gasteiger partial charge on any atom is -0.492 e. The third kappa shape index (κ3) is 7.37. The summed E-state index contributed by atoms with van der Waals surface area (Å²) in [7, 11) is 1.76. The highest BCUT2D eigenvalue weighted by molar-refractivity contribution is 5.80. The van der Waals surface area contributed by atoms with E-state index in [9.17, 15) is 4.79 Å². The summed E-state index contributed by atoms with van der Waals surface area (Å²) < 4.78 is 11.1. The SMILES string of the molecule is CN=C(NCCOc1cccc(C)c1)N1CCC(NC(=O)OC(C)(C)C)C1. The van der Waals surface area contributed by atoms with E-state index in [0.29, 0.717) is 19.7 Å². The zero-order valence-electron chi connectivity index (χ0n) is 17.0. The van der Waals surface area contributed by atoms with Gasteiger partial charge in [0.1, 0.15) is 18.0 Å². The number of guanidine groups is 1. The van der Waals surface area contributed by atoms with Gasteiger partial charge in [-0.1, -0.05) is 12.1 Å². The molecule has 1 unspecified atom stereocenters. The van der Waals surface area contributed by atoms with Gasteiger partial charge in [0, 0.05) is 20.1 Å². The molecule has 1 saturated heterocycles. The summed E-state index contributed by atoms with van der Waals surface area (Å²) in [5, 5.41) is 6.24. The van der Waals surface area contributed by atoms with Crippen LogP contribution < -0.4 is 15.4 Å². The largest absolute Gasteiger partial charge is 0.492 e. The smallest absolute Gasteiger partial charge is 0.407 e. The number of amides is 1. The summed E-state index contributed by atoms with van der Waals surface area (Å²) in [6.07, 6.45) is 0.489. The molecule has 0 spiro atoms. The predicted molar refractivity (Wildman–Crippen MR) is 107 cm³/mol. The third-order valence-electron chi connectivity index (χ3n) is 4.06. The first-order valence-electron chi connectivity index (χ1n) is 9.41. The average Bonchev–Trinajstić information content (AvgIpc) is 3.01. The molecule has 150 valence electrons. The van der Waals surface area contributed by atoms with Gasteiger partial charge in [0.05, 0.1) is 12.6 Å². The van der Waals surface area contributed by atoms with Crippen LogP contribution in [-0.4, -0.2) is 61.9 Å². The number of aryl methyl sites for hydroxylation is 1. The quantitative estimate of drug-likeness (QED) is 0.469. The Bertz CT molecular complexity index is 655. The normalized spacial score (nSPS) is 17.6. The molecule has 0 radical (unpaired) electrons. The monoisotopic (exact) mass is 376 g/mol. The molecule has 7 nitrogen and oxygen atoms in total. The first-order chi connectivity index (χ1) is 12.8. The maximum Gasteiger partial charge on any atom is 0.407 e. The number of rotatable bonds is 5. The first-order valence-corrected chi connectivity index (χ1v) is 9.41. The molecule has 0 bridgehead atoms. The van der Waals surface area contributed by atoms with Crippen LogP contribution in [0.3, 0.4) is 0 Å². The second-order valence-electron chi connectivity index (χ2n) is 7.72. The van der Waals surface area contributed by atoms with Gasteiger partial charge >= 0.3 is 6.09 Å². The molecule has 1 atom stereocenters. The second-order valence-corrected chi connectivity index (χ2v) is 7.72. The third-order valence-corrected chi connectivity index (χ3v) is 4.06. The lowest BCUT2D eigenvalue weighted by Crippen LogP contribution is -2.44. The van der Waals surface area contributed by atoms with Crippen LogP contribution in [0.1, 0.15) is 32.8 Å². The molecule has 0 aromatic heterocycles. The van der Waals surface area contributed by atoms with Crippen molar-refractivity contribution < 1.29 is 14.3 Å². The van der Waals surface area contributed by atoms with E-state index in [2.05, 4.69) is 20.5 Å². The molecule has 1 aliphatic heterocycles. The van der Waals surface area contributed by atoms with E-state index in [4.69, 9.17) is 9.47 Å². The van der Waals surface area contributed by atoms with E-state index in [1.165, 1.54) is 5.56 Å². The molecule has 1 fully saturated rings. The van der Waals surface area contributed by atoms with Crippen molar-refractivity contribution in [3.63, 3.8) is 0 Å². The molecule has 2 rings (SSSR count). The molecule has 1 heterocycles. The minimum absolute atomic E-state index is 0.0574. The Labute approximate surface area is 162 Å². The highest BCUT2D eigenvalue weighted by Gasteiger charge is 2.27. The molecular formula is C20H32N4O3. The number of hydrogen-bond acceptors (Lipinski definition) is 4. The molecule has 0 aliphatic carbocycles. The Kier molecular flexibility index (Phi) is 7.33. The van der Waals surface area contributed by atoms with Crippen molar-refractivity contribution in [2.45, 2.75) is 45.8 Å². The van der Waals surface area contributed by atoms with Gasteiger partial charge in [-0.3, -0.25) is 4.99 Å². The Morgan fingerprint density at radius 1 is 1.37 bits per heavy atom. The zero-order valence-corrected chi connectivity index (χ0v) is 17.0. The Morgan fingerprint density at radius 2 is 2.15 bits per heavy atom. The lowest BCUT2D eigenvalue weighted by Gasteiger charge is -2.23. The zero-order chi connectivity index (χ0) is 19.9. The molecule has 1 amide bonds. The van der Waals surface area contributed by atoms with E-state index >= 15 is 0 Å². The molecule has 27 heavy (non-hydrogen) atoms. The summed E-state index contributed by atoms with van der Waals surface area (Å²) >= 11 is 0. The number of nitrogens with one attached hydrogen (secondary N) is 2. The molecule has 1 aromatic carbocycles. The van der Waals surface area contributed by atoms with Crippen LogP contribution in [0.4, 0.5) is 4.79 Å². The van der Waals surface area contributed by atoms with Crippen LogP contribution in [0.25, 0.3) is 0 Å². The number of alkyl carbamates (subject to hydrolysis) is 1. The van der Waals surface area contributed by atoms with Crippen LogP contribution in [-0.2, 0) is 4.74 Å². The van der Waals surface area contributed by atoms with Crippen molar-refractivity contribution in [1.29, 1.82) is 0 Å². The number of hydrogen-bond donors (Lipinski definition) is 2. The van der Waals surface area contributed by atoms with Gasteiger partial charge in [0.25, 0.3) is 0 Å². The minimum atomic E-state index is -0.489. The van der Waals surface area contributed by atoms with Gasteiger partial charge in [-0.2, -0.15) is 0 Å². The van der Waals surface area contributed by atoms with Gasteiger partial charge in [-0.25, -0.2) is 4.79 Å². The fourth-order valence-corrected chi connectivity index (χ4v) is 2.91. The number of benzene rings is 1. The van der Waals surface area contributed by atoms with Gasteiger partial charge in [-0.05, 0) is 51.8 Å². The molecule has 7 heteroatoms. The van der Waals surface area contributed by atoms with Gasteiger partial charge in [0.2, 0.25) is 0 Å². The molecular weight excluding hydrogens is 344 g/mol. The van der Waals surface area contributed by atoms with Crippen LogP contribution in [0.15, 0.2) is 29.3 Å². The van der Waals surface area contributed by atoms with E-state index < -0.39 is 5.60 Å². The fourth-order valence-electron chi connectivity index (χ4n) is 2.91. The number of likely N-dealkylation sites (tertiary alicyclic amines) is 1. The maximum absolute atomic E-state index is 11.9. The lowest BCUT2D eigenvalue weighted by molar-refractivity contribution is 0.0507. The summed E-state index contributed by atoms with van der Waals surface area (Å²) in [5.74, 6) is 1.69. The van der Waals surface area contributed by atoms with Gasteiger partial charge < -0.3 is 25.0 Å². The van der Waals surface area contributed by atoms with Crippen molar-refractivity contribution in [3.05, 3.63) is 29.8 Å². The Hall–Kier alpha value is -2.44. The first kappa shape index (κ1) is 20.9. The molecule has 2 N–H and O–H groups in total. The number of carbonyl (C=O) groups excluding carboxylic acids is 1. The van der Waals surface area contributed by atoms with Gasteiger partial charge in [0.15, 0.2) is 5.96 Å². The lowest BCUT2D eigenvalue weighted by atomic mass is 10.2. The number of nitrogens with zero attached hydrogens (tertiary/aromatic N) is 2. The highest BCUT2D eigenvalue weighted by Crippen LogP contribution is 2.13. The molecule has 1 aromatic rings.